The van der Waals surface area contributed by atoms with Crippen molar-refractivity contribution in [3.05, 3.63) is 0 Å². The molecular formula is H4FLi2MnO3P. The predicted molar refractivity (Wildman–Crippen MR) is 27.5 cm³/mol. The molecule has 1 radical (unpaired) electrons. The number of hydrogen-bond donors (Lipinski definition) is 2. The van der Waals surface area contributed by atoms with E-state index in [0.717, 1.165) is 0 Å². The van der Waals surface area contributed by atoms with E-state index in [1.165, 1.54) is 0 Å². The largest absolute Gasteiger partial charge is 0 e. The normalized spacial score (nSPS) is 7.38. The van der Waals surface area contributed by atoms with E-state index in [9.17, 15) is 4.20 Å². The Hall–Kier alpha value is 1.79. The molecule has 8 heavy (non-hydrogen) atoms. The molecule has 43 valence electrons. The van der Waals surface area contributed by atoms with E-state index in [2.05, 4.69) is 0 Å². The van der Waals surface area contributed by atoms with E-state index >= 15 is 0 Å². The molecule has 0 spiro atoms. The van der Waals surface area contributed by atoms with Gasteiger partial charge in [-0.1, -0.05) is 0 Å². The van der Waals surface area contributed by atoms with Gasteiger partial charge in [-0.15, -0.1) is 4.20 Å². The fourth-order valence-corrected chi connectivity index (χ4v) is 0. The Bertz CT molecular complexity index is 63.4. The van der Waals surface area contributed by atoms with Crippen molar-refractivity contribution < 1.29 is 35.6 Å². The summed E-state index contributed by atoms with van der Waals surface area (Å²) in [6.07, 6.45) is 0. The summed E-state index contributed by atoms with van der Waals surface area (Å²) >= 11 is 0. The van der Waals surface area contributed by atoms with Gasteiger partial charge in [-0.25, -0.2) is 4.57 Å². The van der Waals surface area contributed by atoms with E-state index in [4.69, 9.17) is 14.4 Å². The first-order chi connectivity index (χ1) is 2.00. The zero-order valence-corrected chi connectivity index (χ0v) is 4.58. The van der Waals surface area contributed by atoms with Gasteiger partial charge in [-0.3, -0.25) is 9.79 Å². The standard InChI is InChI=1S/FH2O3P.2Li.Mn.2H/c1-5(2,3)4;;;;;/h(H2,2,3,4);;;;;. The topological polar surface area (TPSA) is 57.5 Å². The van der Waals surface area contributed by atoms with Gasteiger partial charge in [0.15, 0.2) is 0 Å². The van der Waals surface area contributed by atoms with Crippen molar-refractivity contribution in [3.8, 4) is 0 Å². The van der Waals surface area contributed by atoms with Gasteiger partial charge in [0, 0.05) is 17.1 Å². The van der Waals surface area contributed by atoms with Gasteiger partial charge in [0.2, 0.25) is 0 Å². The number of halogens is 1. The van der Waals surface area contributed by atoms with Crippen molar-refractivity contribution in [1.82, 2.24) is 0 Å². The van der Waals surface area contributed by atoms with Gasteiger partial charge in [-0.05, 0) is 0 Å². The molecule has 3 nitrogen and oxygen atoms in total. The molecule has 0 saturated carbocycles. The minimum Gasteiger partial charge on any atom is 0 e. The van der Waals surface area contributed by atoms with Gasteiger partial charge in [0.25, 0.3) is 0 Å². The summed E-state index contributed by atoms with van der Waals surface area (Å²) in [6.45, 7) is 0. The molecule has 0 aromatic carbocycles. The van der Waals surface area contributed by atoms with Gasteiger partial charge in [-0.2, -0.15) is 0 Å². The Labute approximate surface area is 80.9 Å². The molecule has 0 aromatic heterocycles. The average Bonchev–Trinajstić information content (AvgIpc) is 0.722. The molecule has 0 aliphatic heterocycles. The van der Waals surface area contributed by atoms with Crippen LogP contribution in [-0.2, 0) is 21.6 Å². The fourth-order valence-electron chi connectivity index (χ4n) is 0. The van der Waals surface area contributed by atoms with Gasteiger partial charge in [0.1, 0.15) is 0 Å². The van der Waals surface area contributed by atoms with Crippen LogP contribution in [0.25, 0.3) is 0 Å². The van der Waals surface area contributed by atoms with Crippen LogP contribution in [0.1, 0.15) is 0 Å². The third-order valence-electron chi connectivity index (χ3n) is 0. The van der Waals surface area contributed by atoms with Gasteiger partial charge < -0.3 is 0 Å². The first-order valence-corrected chi connectivity index (χ1v) is 2.25. The maximum absolute atomic E-state index is 10.4. The van der Waals surface area contributed by atoms with Crippen LogP contribution in [0.3, 0.4) is 0 Å². The zero-order chi connectivity index (χ0) is 4.50. The van der Waals surface area contributed by atoms with E-state index < -0.39 is 7.91 Å². The first-order valence-electron chi connectivity index (χ1n) is 0.752. The zero-order valence-electron chi connectivity index (χ0n) is 2.51. The monoisotopic (exact) mass is 171 g/mol. The Kier molecular flexibility index (Phi) is 24.8. The maximum Gasteiger partial charge on any atom is 0 e. The average molecular weight is 171 g/mol. The Morgan fingerprint density at radius 2 is 1.25 bits per heavy atom. The third-order valence-corrected chi connectivity index (χ3v) is 0. The maximum atomic E-state index is 10.4. The van der Waals surface area contributed by atoms with Crippen LogP contribution in [0.4, 0.5) is 4.20 Å². The second-order valence-corrected chi connectivity index (χ2v) is 1.42. The number of hydrogen-bond acceptors (Lipinski definition) is 1. The van der Waals surface area contributed by atoms with Crippen molar-refractivity contribution in [3.63, 3.8) is 0 Å². The Morgan fingerprint density at radius 1 is 1.25 bits per heavy atom. The molecule has 0 aromatic rings. The van der Waals surface area contributed by atoms with Crippen molar-refractivity contribution in [2.75, 3.05) is 0 Å². The molecule has 0 atom stereocenters. The Morgan fingerprint density at radius 3 is 1.25 bits per heavy atom. The van der Waals surface area contributed by atoms with Crippen molar-refractivity contribution in [2.45, 2.75) is 0 Å². The molecule has 0 heterocycles. The van der Waals surface area contributed by atoms with E-state index in [0.29, 0.717) is 0 Å². The molecule has 0 bridgehead atoms. The SMILES string of the molecule is O=P(O)(O)F.[LiH].[LiH].[Mn]. The van der Waals surface area contributed by atoms with Crippen molar-refractivity contribution in [1.29, 1.82) is 0 Å². The first kappa shape index (κ1) is 22.6. The summed E-state index contributed by atoms with van der Waals surface area (Å²) in [7, 11) is -5.14. The van der Waals surface area contributed by atoms with E-state index in [-0.39, 0.29) is 54.8 Å². The Balaban J connectivity index is -0.0000000267. The number of rotatable bonds is 0. The molecule has 0 amide bonds. The summed E-state index contributed by atoms with van der Waals surface area (Å²) in [5.74, 6) is 0. The predicted octanol–water partition coefficient (Wildman–Crippen LogP) is -1.25. The summed E-state index contributed by atoms with van der Waals surface area (Å²) < 4.78 is 19.0. The molecule has 0 rings (SSSR count). The quantitative estimate of drug-likeness (QED) is 0.353. The van der Waals surface area contributed by atoms with Gasteiger partial charge >= 0.3 is 45.6 Å². The van der Waals surface area contributed by atoms with Crippen molar-refractivity contribution in [2.24, 2.45) is 0 Å². The van der Waals surface area contributed by atoms with E-state index in [1.807, 2.05) is 0 Å². The minimum absolute atomic E-state index is 0. The second-order valence-electron chi connectivity index (χ2n) is 0.473. The molecule has 0 fully saturated rings. The van der Waals surface area contributed by atoms with Crippen LogP contribution in [0.15, 0.2) is 0 Å². The minimum atomic E-state index is -5.14. The molecule has 0 unspecified atom stereocenters. The molecule has 2 N–H and O–H groups in total. The smallest absolute Gasteiger partial charge is 0 e. The summed E-state index contributed by atoms with van der Waals surface area (Å²) in [5.41, 5.74) is 0. The summed E-state index contributed by atoms with van der Waals surface area (Å²) in [5, 5.41) is 0. The third kappa shape index (κ3) is 112. The molecule has 8 heteroatoms. The van der Waals surface area contributed by atoms with Crippen LogP contribution < -0.4 is 0 Å². The van der Waals surface area contributed by atoms with Crippen LogP contribution >= 0.6 is 7.91 Å². The van der Waals surface area contributed by atoms with Crippen LogP contribution in [0, 0.1) is 0 Å². The second kappa shape index (κ2) is 8.79. The molecule has 0 aliphatic carbocycles. The van der Waals surface area contributed by atoms with Crippen molar-refractivity contribution >= 4 is 45.6 Å². The van der Waals surface area contributed by atoms with Crippen LogP contribution in [-0.4, -0.2) is 47.5 Å². The van der Waals surface area contributed by atoms with Gasteiger partial charge in [0.05, 0.1) is 0 Å². The molecular weight excluding hydrogens is 167 g/mol. The van der Waals surface area contributed by atoms with Crippen LogP contribution in [0.2, 0.25) is 0 Å². The summed E-state index contributed by atoms with van der Waals surface area (Å²) in [4.78, 5) is 13.9. The molecule has 0 saturated heterocycles. The summed E-state index contributed by atoms with van der Waals surface area (Å²) in [6, 6.07) is 0. The fraction of sp³-hybridized carbons (Fsp3) is 0. The van der Waals surface area contributed by atoms with Crippen LogP contribution in [0.5, 0.6) is 0 Å². The molecule has 0 aliphatic rings. The van der Waals surface area contributed by atoms with E-state index in [1.54, 1.807) is 0 Å².